The summed E-state index contributed by atoms with van der Waals surface area (Å²) in [6.07, 6.45) is 5.35. The maximum Gasteiger partial charge on any atom is 0.123 e. The fourth-order valence-corrected chi connectivity index (χ4v) is 2.61. The molecular formula is C14H20FNO. The van der Waals surface area contributed by atoms with E-state index in [1.54, 1.807) is 19.2 Å². The van der Waals surface area contributed by atoms with Crippen molar-refractivity contribution in [1.29, 1.82) is 0 Å². The molecular weight excluding hydrogens is 217 g/mol. The first-order valence-electron chi connectivity index (χ1n) is 6.27. The molecule has 0 heterocycles. The van der Waals surface area contributed by atoms with Crippen LogP contribution in [-0.2, 0) is 6.42 Å². The van der Waals surface area contributed by atoms with Gasteiger partial charge in [0.2, 0.25) is 0 Å². The number of benzene rings is 1. The van der Waals surface area contributed by atoms with Crippen LogP contribution >= 0.6 is 0 Å². The van der Waals surface area contributed by atoms with Crippen LogP contribution in [0, 0.1) is 11.7 Å². The van der Waals surface area contributed by atoms with Gasteiger partial charge in [-0.25, -0.2) is 4.39 Å². The Bertz CT molecular complexity index is 372. The number of nitrogens with two attached hydrogens (primary N) is 1. The molecule has 0 bridgehead atoms. The van der Waals surface area contributed by atoms with Crippen LogP contribution < -0.4 is 10.5 Å². The summed E-state index contributed by atoms with van der Waals surface area (Å²) in [6.45, 7) is 0. The Morgan fingerprint density at radius 1 is 1.29 bits per heavy atom. The van der Waals surface area contributed by atoms with Crippen LogP contribution in [-0.4, -0.2) is 13.2 Å². The van der Waals surface area contributed by atoms with Gasteiger partial charge in [-0.05, 0) is 61.8 Å². The van der Waals surface area contributed by atoms with Crippen LogP contribution in [0.3, 0.4) is 0 Å². The van der Waals surface area contributed by atoms with Gasteiger partial charge in [0, 0.05) is 6.04 Å². The number of rotatable bonds is 3. The summed E-state index contributed by atoms with van der Waals surface area (Å²) in [5.74, 6) is 1.22. The molecule has 0 aliphatic heterocycles. The third-order valence-corrected chi connectivity index (χ3v) is 3.64. The van der Waals surface area contributed by atoms with Crippen molar-refractivity contribution in [2.75, 3.05) is 7.11 Å². The Hall–Kier alpha value is -1.09. The van der Waals surface area contributed by atoms with E-state index in [1.807, 2.05) is 0 Å². The second-order valence-electron chi connectivity index (χ2n) is 4.94. The molecule has 0 unspecified atom stereocenters. The first-order chi connectivity index (χ1) is 8.19. The summed E-state index contributed by atoms with van der Waals surface area (Å²) < 4.78 is 18.5. The smallest absolute Gasteiger partial charge is 0.123 e. The standard InChI is InChI=1S/C14H20FNO/c1-17-14-7-4-12(15)9-11(14)8-10-2-5-13(16)6-3-10/h4,7,9-10,13H,2-3,5-6,8,16H2,1H3. The Morgan fingerprint density at radius 3 is 2.65 bits per heavy atom. The maximum atomic E-state index is 13.2. The zero-order valence-electron chi connectivity index (χ0n) is 10.3. The lowest BCUT2D eigenvalue weighted by Gasteiger charge is -2.26. The van der Waals surface area contributed by atoms with E-state index >= 15 is 0 Å². The van der Waals surface area contributed by atoms with E-state index in [2.05, 4.69) is 0 Å². The quantitative estimate of drug-likeness (QED) is 0.877. The molecule has 0 spiro atoms. The predicted molar refractivity (Wildman–Crippen MR) is 66.6 cm³/mol. The minimum Gasteiger partial charge on any atom is -0.496 e. The highest BCUT2D eigenvalue weighted by atomic mass is 19.1. The van der Waals surface area contributed by atoms with E-state index < -0.39 is 0 Å². The van der Waals surface area contributed by atoms with Crippen LogP contribution in [0.5, 0.6) is 5.75 Å². The molecule has 1 fully saturated rings. The number of halogens is 1. The second-order valence-corrected chi connectivity index (χ2v) is 4.94. The molecule has 1 saturated carbocycles. The molecule has 1 aromatic rings. The van der Waals surface area contributed by atoms with Crippen molar-refractivity contribution in [1.82, 2.24) is 0 Å². The predicted octanol–water partition coefficient (Wildman–Crippen LogP) is 2.89. The fraction of sp³-hybridized carbons (Fsp3) is 0.571. The molecule has 2 rings (SSSR count). The Kier molecular flexibility index (Phi) is 4.00. The maximum absolute atomic E-state index is 13.2. The Labute approximate surface area is 102 Å². The number of hydrogen-bond acceptors (Lipinski definition) is 2. The van der Waals surface area contributed by atoms with Gasteiger partial charge in [-0.1, -0.05) is 0 Å². The molecule has 0 amide bonds. The largest absolute Gasteiger partial charge is 0.496 e. The van der Waals surface area contributed by atoms with Crippen molar-refractivity contribution < 1.29 is 9.13 Å². The average Bonchev–Trinajstić information content (AvgIpc) is 2.32. The molecule has 1 aliphatic rings. The van der Waals surface area contributed by atoms with Crippen molar-refractivity contribution in [3.8, 4) is 5.75 Å². The van der Waals surface area contributed by atoms with Gasteiger partial charge in [-0.2, -0.15) is 0 Å². The molecule has 2 nitrogen and oxygen atoms in total. The molecule has 1 aromatic carbocycles. The van der Waals surface area contributed by atoms with Crippen molar-refractivity contribution >= 4 is 0 Å². The topological polar surface area (TPSA) is 35.2 Å². The summed E-state index contributed by atoms with van der Waals surface area (Å²) in [5.41, 5.74) is 6.87. The third-order valence-electron chi connectivity index (χ3n) is 3.64. The highest BCUT2D eigenvalue weighted by molar-refractivity contribution is 5.34. The lowest BCUT2D eigenvalue weighted by atomic mass is 9.82. The van der Waals surface area contributed by atoms with Gasteiger partial charge in [0.05, 0.1) is 7.11 Å². The van der Waals surface area contributed by atoms with Crippen LogP contribution in [0.2, 0.25) is 0 Å². The normalized spacial score (nSPS) is 24.6. The van der Waals surface area contributed by atoms with Gasteiger partial charge < -0.3 is 10.5 Å². The van der Waals surface area contributed by atoms with Crippen LogP contribution in [0.15, 0.2) is 18.2 Å². The second kappa shape index (κ2) is 5.50. The number of hydrogen-bond donors (Lipinski definition) is 1. The molecule has 0 saturated heterocycles. The first kappa shape index (κ1) is 12.4. The van der Waals surface area contributed by atoms with Crippen LogP contribution in [0.25, 0.3) is 0 Å². The molecule has 94 valence electrons. The summed E-state index contributed by atoms with van der Waals surface area (Å²) in [7, 11) is 1.63. The molecule has 2 N–H and O–H groups in total. The minimum atomic E-state index is -0.187. The summed E-state index contributed by atoms with van der Waals surface area (Å²) in [4.78, 5) is 0. The van der Waals surface area contributed by atoms with E-state index in [1.165, 1.54) is 6.07 Å². The zero-order valence-corrected chi connectivity index (χ0v) is 10.3. The van der Waals surface area contributed by atoms with Crippen molar-refractivity contribution in [2.24, 2.45) is 11.7 Å². The van der Waals surface area contributed by atoms with Crippen LogP contribution in [0.4, 0.5) is 4.39 Å². The molecule has 0 radical (unpaired) electrons. The van der Waals surface area contributed by atoms with Gasteiger partial charge in [0.1, 0.15) is 11.6 Å². The monoisotopic (exact) mass is 237 g/mol. The van der Waals surface area contributed by atoms with Crippen molar-refractivity contribution in [3.05, 3.63) is 29.6 Å². The summed E-state index contributed by atoms with van der Waals surface area (Å²) in [6, 6.07) is 5.10. The van der Waals surface area contributed by atoms with Gasteiger partial charge in [0.15, 0.2) is 0 Å². The van der Waals surface area contributed by atoms with E-state index in [0.29, 0.717) is 12.0 Å². The number of ether oxygens (including phenoxy) is 1. The van der Waals surface area contributed by atoms with Gasteiger partial charge >= 0.3 is 0 Å². The molecule has 3 heteroatoms. The van der Waals surface area contributed by atoms with E-state index in [-0.39, 0.29) is 5.82 Å². The van der Waals surface area contributed by atoms with Gasteiger partial charge in [0.25, 0.3) is 0 Å². The Morgan fingerprint density at radius 2 is 2.00 bits per heavy atom. The SMILES string of the molecule is COc1ccc(F)cc1CC1CCC(N)CC1. The minimum absolute atomic E-state index is 0.187. The highest BCUT2D eigenvalue weighted by Gasteiger charge is 2.20. The lowest BCUT2D eigenvalue weighted by molar-refractivity contribution is 0.320. The molecule has 17 heavy (non-hydrogen) atoms. The highest BCUT2D eigenvalue weighted by Crippen LogP contribution is 2.30. The van der Waals surface area contributed by atoms with E-state index in [4.69, 9.17) is 10.5 Å². The lowest BCUT2D eigenvalue weighted by Crippen LogP contribution is -2.27. The zero-order chi connectivity index (χ0) is 12.3. The van der Waals surface area contributed by atoms with E-state index in [0.717, 1.165) is 43.4 Å². The average molecular weight is 237 g/mol. The van der Waals surface area contributed by atoms with Gasteiger partial charge in [-0.15, -0.1) is 0 Å². The summed E-state index contributed by atoms with van der Waals surface area (Å²) in [5, 5.41) is 0. The van der Waals surface area contributed by atoms with E-state index in [9.17, 15) is 4.39 Å². The van der Waals surface area contributed by atoms with Crippen molar-refractivity contribution in [2.45, 2.75) is 38.1 Å². The number of methoxy groups -OCH3 is 1. The third kappa shape index (κ3) is 3.19. The Balaban J connectivity index is 2.04. The van der Waals surface area contributed by atoms with Crippen LogP contribution in [0.1, 0.15) is 31.2 Å². The van der Waals surface area contributed by atoms with Gasteiger partial charge in [-0.3, -0.25) is 0 Å². The molecule has 0 aromatic heterocycles. The van der Waals surface area contributed by atoms with Crippen molar-refractivity contribution in [3.63, 3.8) is 0 Å². The summed E-state index contributed by atoms with van der Waals surface area (Å²) >= 11 is 0. The molecule has 0 atom stereocenters. The molecule has 1 aliphatic carbocycles. The first-order valence-corrected chi connectivity index (χ1v) is 6.27. The fourth-order valence-electron chi connectivity index (χ4n) is 2.61.